The molecular weight excluding hydrogens is 743 g/mol. The molecule has 12 nitrogen and oxygen atoms in total. The lowest BCUT2D eigenvalue weighted by molar-refractivity contribution is -0.197. The predicted molar refractivity (Wildman–Crippen MR) is 214 cm³/mol. The summed E-state index contributed by atoms with van der Waals surface area (Å²) in [5, 5.41) is 0.452. The first-order valence-electron chi connectivity index (χ1n) is 20.2. The lowest BCUT2D eigenvalue weighted by atomic mass is 9.72. The molecule has 1 unspecified atom stereocenters. The summed E-state index contributed by atoms with van der Waals surface area (Å²) in [6, 6.07) is 17.1. The summed E-state index contributed by atoms with van der Waals surface area (Å²) in [5.41, 5.74) is 5.81. The first-order valence-corrected chi connectivity index (χ1v) is 20.2. The van der Waals surface area contributed by atoms with Gasteiger partial charge in [-0.1, -0.05) is 56.2 Å². The highest BCUT2D eigenvalue weighted by atomic mass is 16.7. The molecule has 12 heteroatoms. The number of amides is 2. The number of esters is 1. The van der Waals surface area contributed by atoms with E-state index in [0.29, 0.717) is 60.0 Å². The number of hydroxylamine groups is 2. The van der Waals surface area contributed by atoms with Crippen LogP contribution in [-0.2, 0) is 44.8 Å². The first-order chi connectivity index (χ1) is 27.8. The number of carbonyl (C=O) groups is 6. The van der Waals surface area contributed by atoms with E-state index in [1.54, 1.807) is 32.4 Å². The van der Waals surface area contributed by atoms with Crippen LogP contribution in [0.5, 0.6) is 17.2 Å². The van der Waals surface area contributed by atoms with E-state index in [1.807, 2.05) is 32.0 Å². The van der Waals surface area contributed by atoms with E-state index in [-0.39, 0.29) is 43.9 Å². The molecule has 3 aromatic carbocycles. The van der Waals surface area contributed by atoms with Crippen LogP contribution < -0.4 is 14.2 Å². The molecule has 5 rings (SSSR count). The molecule has 2 amide bonds. The average molecular weight is 798 g/mol. The summed E-state index contributed by atoms with van der Waals surface area (Å²) in [7, 11) is 3.16. The van der Waals surface area contributed by atoms with E-state index < -0.39 is 47.6 Å². The van der Waals surface area contributed by atoms with Crippen LogP contribution in [0.2, 0.25) is 0 Å². The van der Waals surface area contributed by atoms with E-state index in [4.69, 9.17) is 23.8 Å². The van der Waals surface area contributed by atoms with E-state index in [0.717, 1.165) is 35.1 Å². The number of hydrogen-bond acceptors (Lipinski definition) is 11. The minimum Gasteiger partial charge on any atom is -0.493 e. The molecule has 1 saturated heterocycles. The molecule has 4 atom stereocenters. The maximum atomic E-state index is 14.4. The second-order valence-electron chi connectivity index (χ2n) is 15.3. The van der Waals surface area contributed by atoms with Crippen LogP contribution in [0.1, 0.15) is 117 Å². The largest absolute Gasteiger partial charge is 0.493 e. The number of benzene rings is 3. The highest BCUT2D eigenvalue weighted by Gasteiger charge is 2.40. The summed E-state index contributed by atoms with van der Waals surface area (Å²) in [5.74, 6) is -2.82. The third kappa shape index (κ3) is 10.9. The number of Topliss-reactive ketones (excluding diaryl/α,β-unsaturated/α-hetero) is 2. The fourth-order valence-electron chi connectivity index (χ4n) is 7.86. The fourth-order valence-corrected chi connectivity index (χ4v) is 7.86. The molecule has 58 heavy (non-hydrogen) atoms. The van der Waals surface area contributed by atoms with Gasteiger partial charge in [-0.25, -0.2) is 4.79 Å². The molecule has 1 aliphatic carbocycles. The van der Waals surface area contributed by atoms with Gasteiger partial charge < -0.3 is 23.8 Å². The molecule has 0 N–H and O–H groups in total. The van der Waals surface area contributed by atoms with Crippen molar-refractivity contribution in [3.8, 4) is 17.2 Å². The quantitative estimate of drug-likeness (QED) is 0.0865. The van der Waals surface area contributed by atoms with E-state index in [1.165, 1.54) is 5.56 Å². The molecule has 2 fully saturated rings. The molecule has 0 radical (unpaired) electrons. The Balaban J connectivity index is 1.30. The van der Waals surface area contributed by atoms with Gasteiger partial charge in [-0.05, 0) is 104 Å². The van der Waals surface area contributed by atoms with Gasteiger partial charge in [0, 0.05) is 31.1 Å². The van der Waals surface area contributed by atoms with Gasteiger partial charge in [0.25, 0.3) is 11.8 Å². The van der Waals surface area contributed by atoms with Gasteiger partial charge in [-0.3, -0.25) is 24.0 Å². The normalized spacial score (nSPS) is 17.7. The SMILES string of the molecule is CC[C@H](C(=O)C1CCCC[C@H]1C(=O)O[C@H](CCc1ccc(C)c(C)c1)c1cccc(OCC(=O)CCC(=O)ON2C(=O)CCC2=O)c1)c1cc(C)c(OC)c(OC)c1. The maximum absolute atomic E-state index is 14.4. The number of rotatable bonds is 19. The molecule has 310 valence electrons. The summed E-state index contributed by atoms with van der Waals surface area (Å²) < 4.78 is 23.4. The zero-order valence-electron chi connectivity index (χ0n) is 34.4. The Hall–Kier alpha value is -5.52. The lowest BCUT2D eigenvalue weighted by Crippen LogP contribution is -2.37. The molecule has 2 aliphatic rings. The summed E-state index contributed by atoms with van der Waals surface area (Å²) in [6.07, 6.45) is 3.19. The van der Waals surface area contributed by atoms with Crippen molar-refractivity contribution >= 4 is 35.3 Å². The van der Waals surface area contributed by atoms with Crippen LogP contribution in [-0.4, -0.2) is 61.2 Å². The van der Waals surface area contributed by atoms with Gasteiger partial charge in [-0.15, -0.1) is 5.06 Å². The third-order valence-corrected chi connectivity index (χ3v) is 11.2. The Labute approximate surface area is 340 Å². The number of ether oxygens (including phenoxy) is 4. The van der Waals surface area contributed by atoms with E-state index in [9.17, 15) is 28.8 Å². The van der Waals surface area contributed by atoms with Gasteiger partial charge >= 0.3 is 11.9 Å². The second-order valence-corrected chi connectivity index (χ2v) is 15.3. The van der Waals surface area contributed by atoms with Gasteiger partial charge in [-0.2, -0.15) is 0 Å². The van der Waals surface area contributed by atoms with Crippen molar-refractivity contribution in [2.45, 2.75) is 110 Å². The molecule has 1 aliphatic heterocycles. The standard InChI is InChI=1S/C46H55NO11/c1-7-36(33-24-30(4)45(55-6)40(26-33)54-5)44(52)37-13-8-9-14-38(37)46(53)57-39(19-17-31-16-15-28(2)29(3)23-31)32-11-10-12-35(25-32)56-27-34(48)18-22-43(51)58-47-41(49)20-21-42(47)50/h10-12,15-16,23-26,36-39H,7-9,13-14,17-22,27H2,1-6H3/t36-,37?,38+,39+/m0/s1. The molecule has 1 heterocycles. The maximum Gasteiger partial charge on any atom is 0.333 e. The number of nitrogens with zero attached hydrogens (tertiary/aromatic N) is 1. The molecule has 0 aromatic heterocycles. The zero-order valence-corrected chi connectivity index (χ0v) is 34.4. The summed E-state index contributed by atoms with van der Waals surface area (Å²) >= 11 is 0. The Kier molecular flexibility index (Phi) is 15.2. The molecule has 3 aromatic rings. The minimum atomic E-state index is -0.865. The van der Waals surface area contributed by atoms with Gasteiger partial charge in [0.2, 0.25) is 0 Å². The van der Waals surface area contributed by atoms with Crippen LogP contribution in [0.4, 0.5) is 0 Å². The number of ketones is 2. The number of carbonyl (C=O) groups excluding carboxylic acids is 6. The van der Waals surface area contributed by atoms with Crippen molar-refractivity contribution < 1.29 is 52.6 Å². The Morgan fingerprint density at radius 3 is 2.19 bits per heavy atom. The van der Waals surface area contributed by atoms with Crippen molar-refractivity contribution in [2.75, 3.05) is 20.8 Å². The molecule has 0 spiro atoms. The van der Waals surface area contributed by atoms with Crippen molar-refractivity contribution in [2.24, 2.45) is 11.8 Å². The van der Waals surface area contributed by atoms with Crippen LogP contribution in [0.25, 0.3) is 0 Å². The van der Waals surface area contributed by atoms with Crippen molar-refractivity contribution in [1.29, 1.82) is 0 Å². The third-order valence-electron chi connectivity index (χ3n) is 11.2. The van der Waals surface area contributed by atoms with Crippen molar-refractivity contribution in [3.63, 3.8) is 0 Å². The Morgan fingerprint density at radius 2 is 1.52 bits per heavy atom. The number of methoxy groups -OCH3 is 2. The average Bonchev–Trinajstić information content (AvgIpc) is 3.54. The summed E-state index contributed by atoms with van der Waals surface area (Å²) in [6.45, 7) is 7.68. The van der Waals surface area contributed by atoms with Crippen LogP contribution in [0.15, 0.2) is 54.6 Å². The number of imide groups is 1. The van der Waals surface area contributed by atoms with Crippen molar-refractivity contribution in [1.82, 2.24) is 5.06 Å². The van der Waals surface area contributed by atoms with E-state index >= 15 is 0 Å². The zero-order chi connectivity index (χ0) is 41.9. The van der Waals surface area contributed by atoms with E-state index in [2.05, 4.69) is 32.0 Å². The fraction of sp³-hybridized carbons (Fsp3) is 0.478. The van der Waals surface area contributed by atoms with Crippen LogP contribution in [0, 0.1) is 32.6 Å². The predicted octanol–water partition coefficient (Wildman–Crippen LogP) is 7.75. The highest BCUT2D eigenvalue weighted by Crippen LogP contribution is 2.41. The van der Waals surface area contributed by atoms with Crippen molar-refractivity contribution in [3.05, 3.63) is 88.0 Å². The summed E-state index contributed by atoms with van der Waals surface area (Å²) in [4.78, 5) is 81.9. The topological polar surface area (TPSA) is 152 Å². The molecule has 0 bridgehead atoms. The lowest BCUT2D eigenvalue weighted by Gasteiger charge is -2.33. The molecule has 1 saturated carbocycles. The van der Waals surface area contributed by atoms with Gasteiger partial charge in [0.05, 0.1) is 26.6 Å². The van der Waals surface area contributed by atoms with Gasteiger partial charge in [0.15, 0.2) is 17.3 Å². The first kappa shape index (κ1) is 43.6. The minimum absolute atomic E-state index is 0.0220. The van der Waals surface area contributed by atoms with Gasteiger partial charge in [0.1, 0.15) is 24.2 Å². The van der Waals surface area contributed by atoms with Crippen LogP contribution >= 0.6 is 0 Å². The Morgan fingerprint density at radius 1 is 0.793 bits per heavy atom. The Bertz CT molecular complexity index is 1990. The van der Waals surface area contributed by atoms with Crippen LogP contribution in [0.3, 0.4) is 0 Å². The monoisotopic (exact) mass is 797 g/mol. The molecular formula is C46H55NO11. The number of hydrogen-bond donors (Lipinski definition) is 0. The highest BCUT2D eigenvalue weighted by molar-refractivity contribution is 6.01. The smallest absolute Gasteiger partial charge is 0.333 e. The number of aryl methyl sites for hydroxylation is 4. The second kappa shape index (κ2) is 20.3.